The molecule has 1 aromatic carbocycles. The Balaban J connectivity index is 2.33. The smallest absolute Gasteiger partial charge is 0.123 e. The summed E-state index contributed by atoms with van der Waals surface area (Å²) in [5, 5.41) is 4.51. The van der Waals surface area contributed by atoms with Crippen molar-refractivity contribution in [1.82, 2.24) is 5.32 Å². The van der Waals surface area contributed by atoms with Crippen LogP contribution in [0.2, 0.25) is 0 Å². The van der Waals surface area contributed by atoms with Crippen LogP contribution in [0.4, 0.5) is 4.39 Å². The predicted octanol–water partition coefficient (Wildman–Crippen LogP) is 4.24. The molecule has 0 unspecified atom stereocenters. The summed E-state index contributed by atoms with van der Waals surface area (Å²) < 4.78 is 14.4. The Morgan fingerprint density at radius 3 is 2.65 bits per heavy atom. The van der Waals surface area contributed by atoms with Crippen molar-refractivity contribution in [3.05, 3.63) is 34.5 Å². The van der Waals surface area contributed by atoms with Gasteiger partial charge in [-0.2, -0.15) is 0 Å². The standard InChI is InChI=1S/C14H18FNS/c1-9-11-7-10(15)5-6-12(11)17-13(9)8-16-14(2,3)4/h5-7,16H,8H2,1-4H3. The molecule has 0 spiro atoms. The fourth-order valence-corrected chi connectivity index (χ4v) is 2.89. The normalized spacial score (nSPS) is 12.3. The van der Waals surface area contributed by atoms with Gasteiger partial charge in [-0.05, 0) is 56.8 Å². The Labute approximate surface area is 106 Å². The van der Waals surface area contributed by atoms with Crippen molar-refractivity contribution in [2.45, 2.75) is 39.8 Å². The molecule has 1 heterocycles. The number of halogens is 1. The molecule has 0 saturated heterocycles. The third-order valence-electron chi connectivity index (χ3n) is 2.78. The lowest BCUT2D eigenvalue weighted by Gasteiger charge is -2.20. The van der Waals surface area contributed by atoms with E-state index in [1.165, 1.54) is 16.5 Å². The number of fused-ring (bicyclic) bond motifs is 1. The summed E-state index contributed by atoms with van der Waals surface area (Å²) in [6, 6.07) is 5.02. The highest BCUT2D eigenvalue weighted by Gasteiger charge is 2.13. The van der Waals surface area contributed by atoms with Gasteiger partial charge < -0.3 is 5.32 Å². The average Bonchev–Trinajstić information content (AvgIpc) is 2.52. The van der Waals surface area contributed by atoms with E-state index in [4.69, 9.17) is 0 Å². The summed E-state index contributed by atoms with van der Waals surface area (Å²) >= 11 is 1.74. The molecule has 0 atom stereocenters. The summed E-state index contributed by atoms with van der Waals surface area (Å²) in [6.07, 6.45) is 0. The lowest BCUT2D eigenvalue weighted by molar-refractivity contribution is 0.426. The molecule has 1 aromatic heterocycles. The van der Waals surface area contributed by atoms with Gasteiger partial charge in [-0.1, -0.05) is 0 Å². The Bertz CT molecular complexity index is 537. The van der Waals surface area contributed by atoms with Crippen LogP contribution in [-0.2, 0) is 6.54 Å². The average molecular weight is 251 g/mol. The molecule has 0 aliphatic carbocycles. The van der Waals surface area contributed by atoms with Crippen LogP contribution in [0.1, 0.15) is 31.2 Å². The van der Waals surface area contributed by atoms with Crippen molar-refractivity contribution in [2.75, 3.05) is 0 Å². The Kier molecular flexibility index (Phi) is 3.23. The second-order valence-electron chi connectivity index (χ2n) is 5.39. The molecule has 0 bridgehead atoms. The molecular weight excluding hydrogens is 233 g/mol. The second-order valence-corrected chi connectivity index (χ2v) is 6.53. The lowest BCUT2D eigenvalue weighted by Crippen LogP contribution is -2.34. The van der Waals surface area contributed by atoms with E-state index in [-0.39, 0.29) is 11.4 Å². The summed E-state index contributed by atoms with van der Waals surface area (Å²) in [5.74, 6) is -0.159. The van der Waals surface area contributed by atoms with Crippen molar-refractivity contribution in [3.63, 3.8) is 0 Å². The maximum absolute atomic E-state index is 13.2. The zero-order valence-electron chi connectivity index (χ0n) is 10.7. The highest BCUT2D eigenvalue weighted by molar-refractivity contribution is 7.19. The zero-order valence-corrected chi connectivity index (χ0v) is 11.5. The van der Waals surface area contributed by atoms with Gasteiger partial charge in [-0.25, -0.2) is 4.39 Å². The molecule has 92 valence electrons. The number of benzene rings is 1. The molecule has 17 heavy (non-hydrogen) atoms. The summed E-state index contributed by atoms with van der Waals surface area (Å²) in [7, 11) is 0. The van der Waals surface area contributed by atoms with Gasteiger partial charge in [0.15, 0.2) is 0 Å². The minimum atomic E-state index is -0.159. The third kappa shape index (κ3) is 2.85. The second kappa shape index (κ2) is 4.39. The van der Waals surface area contributed by atoms with Crippen molar-refractivity contribution >= 4 is 21.4 Å². The number of thiophene rings is 1. The molecule has 1 nitrogen and oxygen atoms in total. The van der Waals surface area contributed by atoms with Gasteiger partial charge in [0.05, 0.1) is 0 Å². The van der Waals surface area contributed by atoms with Crippen molar-refractivity contribution < 1.29 is 4.39 Å². The summed E-state index contributed by atoms with van der Waals surface area (Å²) in [6.45, 7) is 9.36. The SMILES string of the molecule is Cc1c(CNC(C)(C)C)sc2ccc(F)cc12. The number of rotatable bonds is 2. The zero-order chi connectivity index (χ0) is 12.6. The quantitative estimate of drug-likeness (QED) is 0.842. The Morgan fingerprint density at radius 1 is 1.29 bits per heavy atom. The van der Waals surface area contributed by atoms with E-state index in [0.717, 1.165) is 16.6 Å². The highest BCUT2D eigenvalue weighted by atomic mass is 32.1. The monoisotopic (exact) mass is 251 g/mol. The van der Waals surface area contributed by atoms with E-state index in [9.17, 15) is 4.39 Å². The van der Waals surface area contributed by atoms with Gasteiger partial charge >= 0.3 is 0 Å². The molecule has 0 aliphatic rings. The fraction of sp³-hybridized carbons (Fsp3) is 0.429. The first-order valence-electron chi connectivity index (χ1n) is 5.79. The van der Waals surface area contributed by atoms with Gasteiger partial charge in [0.25, 0.3) is 0 Å². The summed E-state index contributed by atoms with van der Waals surface area (Å²) in [4.78, 5) is 1.29. The van der Waals surface area contributed by atoms with E-state index in [1.54, 1.807) is 17.4 Å². The largest absolute Gasteiger partial charge is 0.307 e. The first-order valence-corrected chi connectivity index (χ1v) is 6.61. The maximum atomic E-state index is 13.2. The third-order valence-corrected chi connectivity index (χ3v) is 4.05. The molecule has 3 heteroatoms. The van der Waals surface area contributed by atoms with Gasteiger partial charge in [0, 0.05) is 21.7 Å². The lowest BCUT2D eigenvalue weighted by atomic mass is 10.1. The Morgan fingerprint density at radius 2 is 2.00 bits per heavy atom. The molecule has 0 radical (unpaired) electrons. The van der Waals surface area contributed by atoms with Crippen LogP contribution in [0, 0.1) is 12.7 Å². The molecular formula is C14H18FNS. The van der Waals surface area contributed by atoms with Crippen LogP contribution in [0.5, 0.6) is 0 Å². The van der Waals surface area contributed by atoms with E-state index in [2.05, 4.69) is 33.0 Å². The maximum Gasteiger partial charge on any atom is 0.123 e. The van der Waals surface area contributed by atoms with Crippen LogP contribution >= 0.6 is 11.3 Å². The molecule has 2 aromatic rings. The predicted molar refractivity (Wildman–Crippen MR) is 73.1 cm³/mol. The summed E-state index contributed by atoms with van der Waals surface area (Å²) in [5.41, 5.74) is 1.30. The molecule has 1 N–H and O–H groups in total. The van der Waals surface area contributed by atoms with Gasteiger partial charge in [-0.3, -0.25) is 0 Å². The first-order chi connectivity index (χ1) is 7.87. The van der Waals surface area contributed by atoms with Crippen LogP contribution in [-0.4, -0.2) is 5.54 Å². The van der Waals surface area contributed by atoms with Crippen molar-refractivity contribution in [2.24, 2.45) is 0 Å². The van der Waals surface area contributed by atoms with Gasteiger partial charge in [-0.15, -0.1) is 11.3 Å². The van der Waals surface area contributed by atoms with E-state index in [0.29, 0.717) is 0 Å². The molecule has 0 aliphatic heterocycles. The minimum Gasteiger partial charge on any atom is -0.307 e. The number of hydrogen-bond donors (Lipinski definition) is 1. The van der Waals surface area contributed by atoms with Crippen LogP contribution in [0.3, 0.4) is 0 Å². The van der Waals surface area contributed by atoms with Crippen LogP contribution in [0.15, 0.2) is 18.2 Å². The fourth-order valence-electron chi connectivity index (χ4n) is 1.76. The van der Waals surface area contributed by atoms with Gasteiger partial charge in [0.1, 0.15) is 5.82 Å². The molecule has 0 amide bonds. The van der Waals surface area contributed by atoms with Gasteiger partial charge in [0.2, 0.25) is 0 Å². The molecule has 2 rings (SSSR count). The number of hydrogen-bond acceptors (Lipinski definition) is 2. The highest BCUT2D eigenvalue weighted by Crippen LogP contribution is 2.31. The van der Waals surface area contributed by atoms with Crippen LogP contribution < -0.4 is 5.32 Å². The van der Waals surface area contributed by atoms with Crippen LogP contribution in [0.25, 0.3) is 10.1 Å². The topological polar surface area (TPSA) is 12.0 Å². The number of aryl methyl sites for hydroxylation is 1. The minimum absolute atomic E-state index is 0.105. The van der Waals surface area contributed by atoms with E-state index in [1.807, 2.05) is 6.07 Å². The van der Waals surface area contributed by atoms with Crippen molar-refractivity contribution in [1.29, 1.82) is 0 Å². The number of nitrogens with one attached hydrogen (secondary N) is 1. The van der Waals surface area contributed by atoms with E-state index >= 15 is 0 Å². The van der Waals surface area contributed by atoms with E-state index < -0.39 is 0 Å². The molecule has 0 saturated carbocycles. The Hall–Kier alpha value is -0.930. The van der Waals surface area contributed by atoms with Crippen molar-refractivity contribution in [3.8, 4) is 0 Å². The molecule has 0 fully saturated rings. The first kappa shape index (κ1) is 12.5.